The monoisotopic (exact) mass is 409 g/mol. The van der Waals surface area contributed by atoms with Crippen LogP contribution in [0.25, 0.3) is 0 Å². The molecule has 0 bridgehead atoms. The van der Waals surface area contributed by atoms with Crippen LogP contribution in [-0.4, -0.2) is 41.1 Å². The number of halogens is 2. The van der Waals surface area contributed by atoms with Gasteiger partial charge in [-0.15, -0.1) is 8.78 Å². The minimum atomic E-state index is -3.76. The third-order valence-electron chi connectivity index (χ3n) is 5.71. The maximum absolute atomic E-state index is 13.1. The SMILES string of the molecule is C[C@]1(C2CCCCC2)NC(=O)N(CC(=O)Nc2ccc3c(c2)OC(F)(F)O3)C1=O. The predicted molar refractivity (Wildman–Crippen MR) is 96.5 cm³/mol. The molecule has 3 aliphatic rings. The normalized spacial score (nSPS) is 25.8. The number of hydrogen-bond acceptors (Lipinski definition) is 5. The van der Waals surface area contributed by atoms with Gasteiger partial charge in [-0.1, -0.05) is 19.3 Å². The lowest BCUT2D eigenvalue weighted by Gasteiger charge is -2.34. The lowest BCUT2D eigenvalue weighted by Crippen LogP contribution is -2.51. The number of benzene rings is 1. The van der Waals surface area contributed by atoms with E-state index in [2.05, 4.69) is 20.1 Å². The van der Waals surface area contributed by atoms with Gasteiger partial charge in [-0.2, -0.15) is 0 Å². The zero-order valence-corrected chi connectivity index (χ0v) is 15.8. The summed E-state index contributed by atoms with van der Waals surface area (Å²) in [5.41, 5.74) is -0.834. The van der Waals surface area contributed by atoms with Crippen molar-refractivity contribution in [2.24, 2.45) is 5.92 Å². The number of fused-ring (bicyclic) bond motifs is 1. The van der Waals surface area contributed by atoms with E-state index in [-0.39, 0.29) is 23.1 Å². The van der Waals surface area contributed by atoms with Gasteiger partial charge in [-0.25, -0.2) is 4.79 Å². The number of anilines is 1. The second kappa shape index (κ2) is 6.85. The van der Waals surface area contributed by atoms with Crippen LogP contribution in [-0.2, 0) is 9.59 Å². The first-order valence-corrected chi connectivity index (χ1v) is 9.52. The summed E-state index contributed by atoms with van der Waals surface area (Å²) in [7, 11) is 0. The van der Waals surface area contributed by atoms with Crippen molar-refractivity contribution in [2.75, 3.05) is 11.9 Å². The molecule has 1 aromatic rings. The number of nitrogens with zero attached hydrogens (tertiary/aromatic N) is 1. The van der Waals surface area contributed by atoms with Crippen molar-refractivity contribution >= 4 is 23.5 Å². The highest BCUT2D eigenvalue weighted by atomic mass is 19.3. The van der Waals surface area contributed by atoms with Gasteiger partial charge in [0, 0.05) is 11.8 Å². The molecule has 2 aliphatic heterocycles. The van der Waals surface area contributed by atoms with E-state index in [9.17, 15) is 23.2 Å². The molecule has 0 spiro atoms. The fourth-order valence-electron chi connectivity index (χ4n) is 4.19. The lowest BCUT2D eigenvalue weighted by atomic mass is 9.75. The maximum atomic E-state index is 13.1. The predicted octanol–water partition coefficient (Wildman–Crippen LogP) is 2.84. The van der Waals surface area contributed by atoms with Crippen LogP contribution in [0.4, 0.5) is 19.3 Å². The first-order valence-electron chi connectivity index (χ1n) is 9.52. The van der Waals surface area contributed by atoms with E-state index in [1.54, 1.807) is 6.92 Å². The highest BCUT2D eigenvalue weighted by Crippen LogP contribution is 2.42. The zero-order valence-electron chi connectivity index (χ0n) is 15.8. The molecule has 0 aromatic heterocycles. The second-order valence-corrected chi connectivity index (χ2v) is 7.74. The van der Waals surface area contributed by atoms with Crippen LogP contribution in [0.1, 0.15) is 39.0 Å². The molecule has 0 unspecified atom stereocenters. The summed E-state index contributed by atoms with van der Waals surface area (Å²) in [6, 6.07) is 3.18. The van der Waals surface area contributed by atoms with E-state index < -0.39 is 36.2 Å². The molecule has 156 valence electrons. The summed E-state index contributed by atoms with van der Waals surface area (Å²) in [6.45, 7) is 1.23. The van der Waals surface area contributed by atoms with E-state index >= 15 is 0 Å². The van der Waals surface area contributed by atoms with Crippen LogP contribution in [0.2, 0.25) is 0 Å². The van der Waals surface area contributed by atoms with Crippen molar-refractivity contribution in [2.45, 2.75) is 50.9 Å². The van der Waals surface area contributed by atoms with Gasteiger partial charge < -0.3 is 20.1 Å². The van der Waals surface area contributed by atoms with Crippen LogP contribution in [0, 0.1) is 5.92 Å². The average molecular weight is 409 g/mol. The van der Waals surface area contributed by atoms with Crippen molar-refractivity contribution in [3.05, 3.63) is 18.2 Å². The minimum absolute atomic E-state index is 0.0382. The van der Waals surface area contributed by atoms with E-state index in [4.69, 9.17) is 0 Å². The molecular formula is C19H21F2N3O5. The molecule has 1 saturated carbocycles. The molecule has 1 saturated heterocycles. The number of amides is 4. The quantitative estimate of drug-likeness (QED) is 0.746. The standard InChI is InChI=1S/C19H21F2N3O5/c1-18(11-5-3-2-4-6-11)16(26)24(17(27)23-18)10-15(25)22-12-7-8-13-14(9-12)29-19(20,21)28-13/h7-9,11H,2-6,10H2,1H3,(H,22,25)(H,23,27)/t18-/m1/s1. The lowest BCUT2D eigenvalue weighted by molar-refractivity contribution is -0.286. The van der Waals surface area contributed by atoms with Crippen LogP contribution in [0.3, 0.4) is 0 Å². The summed E-state index contributed by atoms with van der Waals surface area (Å²) < 4.78 is 34.8. The highest BCUT2D eigenvalue weighted by Gasteiger charge is 2.52. The first-order chi connectivity index (χ1) is 13.7. The largest absolute Gasteiger partial charge is 0.586 e. The van der Waals surface area contributed by atoms with E-state index in [0.717, 1.165) is 37.0 Å². The van der Waals surface area contributed by atoms with Gasteiger partial charge >= 0.3 is 12.3 Å². The van der Waals surface area contributed by atoms with Gasteiger partial charge in [-0.05, 0) is 37.8 Å². The average Bonchev–Trinajstić information content (AvgIpc) is 3.09. The van der Waals surface area contributed by atoms with Gasteiger partial charge in [0.25, 0.3) is 5.91 Å². The van der Waals surface area contributed by atoms with Crippen LogP contribution >= 0.6 is 0 Å². The first kappa shape index (κ1) is 19.4. The molecule has 29 heavy (non-hydrogen) atoms. The van der Waals surface area contributed by atoms with Crippen molar-refractivity contribution < 1.29 is 32.6 Å². The molecule has 1 aromatic carbocycles. The molecule has 4 amide bonds. The number of ether oxygens (including phenoxy) is 2. The maximum Gasteiger partial charge on any atom is 0.586 e. The summed E-state index contributed by atoms with van der Waals surface area (Å²) in [5.74, 6) is -1.38. The van der Waals surface area contributed by atoms with Crippen LogP contribution in [0.15, 0.2) is 18.2 Å². The van der Waals surface area contributed by atoms with Crippen molar-refractivity contribution in [3.8, 4) is 11.5 Å². The Balaban J connectivity index is 1.41. The van der Waals surface area contributed by atoms with Gasteiger partial charge in [0.2, 0.25) is 5.91 Å². The molecule has 4 rings (SSSR count). The Morgan fingerprint density at radius 2 is 1.90 bits per heavy atom. The summed E-state index contributed by atoms with van der Waals surface area (Å²) in [6.07, 6.45) is 1.08. The number of imide groups is 1. The molecule has 1 atom stereocenters. The summed E-state index contributed by atoms with van der Waals surface area (Å²) in [4.78, 5) is 38.5. The molecule has 0 radical (unpaired) electrons. The fraction of sp³-hybridized carbons (Fsp3) is 0.526. The highest BCUT2D eigenvalue weighted by molar-refractivity contribution is 6.10. The summed E-state index contributed by atoms with van der Waals surface area (Å²) in [5, 5.41) is 5.23. The Morgan fingerprint density at radius 3 is 2.62 bits per heavy atom. The van der Waals surface area contributed by atoms with Crippen molar-refractivity contribution in [1.29, 1.82) is 0 Å². The van der Waals surface area contributed by atoms with Crippen molar-refractivity contribution in [1.82, 2.24) is 10.2 Å². The van der Waals surface area contributed by atoms with Gasteiger partial charge in [-0.3, -0.25) is 14.5 Å². The molecule has 10 heteroatoms. The topological polar surface area (TPSA) is 97.0 Å². The Bertz CT molecular complexity index is 871. The Labute approximate surface area is 165 Å². The number of rotatable bonds is 4. The molecular weight excluding hydrogens is 388 g/mol. The van der Waals surface area contributed by atoms with Gasteiger partial charge in [0.05, 0.1) is 0 Å². The molecule has 8 nitrogen and oxygen atoms in total. The van der Waals surface area contributed by atoms with E-state index in [0.29, 0.717) is 0 Å². The molecule has 2 fully saturated rings. The van der Waals surface area contributed by atoms with Crippen LogP contribution < -0.4 is 20.1 Å². The summed E-state index contributed by atoms with van der Waals surface area (Å²) >= 11 is 0. The van der Waals surface area contributed by atoms with Gasteiger partial charge in [0.15, 0.2) is 11.5 Å². The number of alkyl halides is 2. The second-order valence-electron chi connectivity index (χ2n) is 7.74. The van der Waals surface area contributed by atoms with Crippen molar-refractivity contribution in [3.63, 3.8) is 0 Å². The van der Waals surface area contributed by atoms with E-state index in [1.807, 2.05) is 0 Å². The number of hydrogen-bond donors (Lipinski definition) is 2. The number of carbonyl (C=O) groups excluding carboxylic acids is 3. The minimum Gasteiger partial charge on any atom is -0.395 e. The number of urea groups is 1. The number of nitrogens with one attached hydrogen (secondary N) is 2. The van der Waals surface area contributed by atoms with Gasteiger partial charge in [0.1, 0.15) is 12.1 Å². The van der Waals surface area contributed by atoms with E-state index in [1.165, 1.54) is 18.2 Å². The zero-order chi connectivity index (χ0) is 20.8. The fourth-order valence-corrected chi connectivity index (χ4v) is 4.19. The number of carbonyl (C=O) groups is 3. The smallest absolute Gasteiger partial charge is 0.395 e. The van der Waals surface area contributed by atoms with Crippen LogP contribution in [0.5, 0.6) is 11.5 Å². The Morgan fingerprint density at radius 1 is 1.21 bits per heavy atom. The third-order valence-corrected chi connectivity index (χ3v) is 5.71. The Hall–Kier alpha value is -2.91. The Kier molecular flexibility index (Phi) is 4.59. The molecule has 2 N–H and O–H groups in total. The third kappa shape index (κ3) is 3.58. The molecule has 2 heterocycles. The molecule has 1 aliphatic carbocycles.